The van der Waals surface area contributed by atoms with Crippen LogP contribution in [-0.2, 0) is 9.53 Å². The molecule has 1 saturated carbocycles. The molecule has 5 heteroatoms. The number of ether oxygens (including phenoxy) is 1. The minimum Gasteiger partial charge on any atom is -0.465 e. The van der Waals surface area contributed by atoms with Gasteiger partial charge in [-0.25, -0.2) is 0 Å². The third-order valence-corrected chi connectivity index (χ3v) is 7.64. The predicted molar refractivity (Wildman–Crippen MR) is 107 cm³/mol. The first-order chi connectivity index (χ1) is 13.2. The van der Waals surface area contributed by atoms with Crippen molar-refractivity contribution >= 4 is 23.6 Å². The molecule has 0 aromatic heterocycles. The normalized spacial score (nSPS) is 25.3. The number of likely N-dealkylation sites (tertiary alicyclic amines) is 1. The average molecular weight is 388 g/mol. The molecule has 0 unspecified atom stereocenters. The van der Waals surface area contributed by atoms with Crippen molar-refractivity contribution in [2.75, 3.05) is 19.7 Å². The molecule has 1 amide bonds. The van der Waals surface area contributed by atoms with Crippen molar-refractivity contribution in [1.82, 2.24) is 4.90 Å². The van der Waals surface area contributed by atoms with Crippen molar-refractivity contribution < 1.29 is 14.3 Å². The van der Waals surface area contributed by atoms with Crippen molar-refractivity contribution in [2.45, 2.75) is 67.9 Å². The molecule has 2 heterocycles. The number of hydrogen-bond acceptors (Lipinski definition) is 4. The van der Waals surface area contributed by atoms with Crippen molar-refractivity contribution in [3.05, 3.63) is 29.8 Å². The molecule has 0 N–H and O–H groups in total. The van der Waals surface area contributed by atoms with Crippen LogP contribution in [0.15, 0.2) is 29.2 Å². The first-order valence-corrected chi connectivity index (χ1v) is 11.3. The molecule has 0 bridgehead atoms. The monoisotopic (exact) mass is 387 g/mol. The number of amides is 1. The number of rotatable bonds is 3. The zero-order chi connectivity index (χ0) is 18.7. The minimum atomic E-state index is -0.123. The molecule has 2 aliphatic heterocycles. The zero-order valence-corrected chi connectivity index (χ0v) is 16.8. The van der Waals surface area contributed by atoms with E-state index in [1.807, 2.05) is 24.3 Å². The van der Waals surface area contributed by atoms with Crippen LogP contribution in [0.5, 0.6) is 0 Å². The second kappa shape index (κ2) is 8.26. The third kappa shape index (κ3) is 4.34. The van der Waals surface area contributed by atoms with E-state index in [-0.39, 0.29) is 17.1 Å². The number of esters is 1. The molecule has 1 atom stereocenters. The lowest BCUT2D eigenvalue weighted by Gasteiger charge is -2.42. The van der Waals surface area contributed by atoms with Gasteiger partial charge in [-0.3, -0.25) is 9.59 Å². The second-order valence-electron chi connectivity index (χ2n) is 8.33. The number of cyclic esters (lactones) is 1. The number of piperidine rings is 1. The Labute approximate surface area is 166 Å². The van der Waals surface area contributed by atoms with E-state index in [9.17, 15) is 9.59 Å². The standard InChI is InChI=1S/C22H29NO3S/c24-20(23-14-5-13-22(16-23)11-3-1-2-4-12-22)17-6-8-18(9-7-17)27-19-10-15-26-21(19)25/h6-9,19H,1-5,10-16H2/t19-/m0/s1. The number of thioether (sulfide) groups is 1. The van der Waals surface area contributed by atoms with Crippen LogP contribution in [0.1, 0.15) is 68.1 Å². The number of carbonyl (C=O) groups excluding carboxylic acids is 2. The van der Waals surface area contributed by atoms with Gasteiger partial charge in [-0.05, 0) is 55.4 Å². The summed E-state index contributed by atoms with van der Waals surface area (Å²) < 4.78 is 5.02. The molecule has 0 radical (unpaired) electrons. The molecule has 4 nitrogen and oxygen atoms in total. The Bertz CT molecular complexity index is 679. The smallest absolute Gasteiger partial charge is 0.319 e. The minimum absolute atomic E-state index is 0.108. The van der Waals surface area contributed by atoms with Crippen LogP contribution in [-0.4, -0.2) is 41.7 Å². The zero-order valence-electron chi connectivity index (χ0n) is 16.0. The lowest BCUT2D eigenvalue weighted by atomic mass is 9.74. The van der Waals surface area contributed by atoms with Crippen LogP contribution >= 0.6 is 11.8 Å². The van der Waals surface area contributed by atoms with Gasteiger partial charge >= 0.3 is 5.97 Å². The summed E-state index contributed by atoms with van der Waals surface area (Å²) in [6, 6.07) is 7.77. The van der Waals surface area contributed by atoms with Crippen molar-refractivity contribution in [1.29, 1.82) is 0 Å². The fraction of sp³-hybridized carbons (Fsp3) is 0.636. The van der Waals surface area contributed by atoms with E-state index in [4.69, 9.17) is 4.74 Å². The molecular weight excluding hydrogens is 358 g/mol. The molecule has 3 aliphatic rings. The van der Waals surface area contributed by atoms with Gasteiger partial charge in [0.25, 0.3) is 5.91 Å². The van der Waals surface area contributed by atoms with E-state index in [1.165, 1.54) is 56.7 Å². The Balaban J connectivity index is 1.40. The van der Waals surface area contributed by atoms with Crippen LogP contribution < -0.4 is 0 Å². The highest BCUT2D eigenvalue weighted by Gasteiger charge is 2.37. The van der Waals surface area contributed by atoms with E-state index in [1.54, 1.807) is 0 Å². The Morgan fingerprint density at radius 3 is 2.41 bits per heavy atom. The Hall–Kier alpha value is -1.49. The second-order valence-corrected chi connectivity index (χ2v) is 9.61. The number of nitrogens with zero attached hydrogens (tertiary/aromatic N) is 1. The molecule has 2 saturated heterocycles. The Morgan fingerprint density at radius 1 is 1.04 bits per heavy atom. The number of carbonyl (C=O) groups is 2. The van der Waals surface area contributed by atoms with E-state index >= 15 is 0 Å². The first-order valence-electron chi connectivity index (χ1n) is 10.4. The summed E-state index contributed by atoms with van der Waals surface area (Å²) in [6.45, 7) is 2.32. The maximum atomic E-state index is 13.1. The molecule has 3 fully saturated rings. The summed E-state index contributed by atoms with van der Waals surface area (Å²) in [7, 11) is 0. The topological polar surface area (TPSA) is 46.6 Å². The van der Waals surface area contributed by atoms with Crippen LogP contribution in [0.25, 0.3) is 0 Å². The van der Waals surface area contributed by atoms with Gasteiger partial charge in [0.1, 0.15) is 5.25 Å². The first kappa shape index (κ1) is 18.9. The summed E-state index contributed by atoms with van der Waals surface area (Å²) in [5.74, 6) is 0.0392. The van der Waals surface area contributed by atoms with Crippen molar-refractivity contribution in [2.24, 2.45) is 5.41 Å². The fourth-order valence-electron chi connectivity index (χ4n) is 4.88. The predicted octanol–water partition coefficient (Wildman–Crippen LogP) is 4.67. The van der Waals surface area contributed by atoms with E-state index < -0.39 is 0 Å². The molecule has 4 rings (SSSR count). The van der Waals surface area contributed by atoms with Crippen LogP contribution in [0, 0.1) is 5.41 Å². The average Bonchev–Trinajstić information content (AvgIpc) is 2.96. The molecule has 27 heavy (non-hydrogen) atoms. The largest absolute Gasteiger partial charge is 0.465 e. The maximum absolute atomic E-state index is 13.1. The lowest BCUT2D eigenvalue weighted by Crippen LogP contribution is -2.46. The van der Waals surface area contributed by atoms with E-state index in [0.717, 1.165) is 36.4 Å². The Morgan fingerprint density at radius 2 is 1.74 bits per heavy atom. The van der Waals surface area contributed by atoms with Gasteiger partial charge in [-0.15, -0.1) is 11.8 Å². The molecular formula is C22H29NO3S. The maximum Gasteiger partial charge on any atom is 0.319 e. The highest BCUT2D eigenvalue weighted by Crippen LogP contribution is 2.42. The summed E-state index contributed by atoms with van der Waals surface area (Å²) in [6.07, 6.45) is 11.1. The lowest BCUT2D eigenvalue weighted by molar-refractivity contribution is -0.137. The molecule has 1 aromatic rings. The van der Waals surface area contributed by atoms with E-state index in [2.05, 4.69) is 4.90 Å². The van der Waals surface area contributed by atoms with Gasteiger partial charge < -0.3 is 9.64 Å². The summed E-state index contributed by atoms with van der Waals surface area (Å²) in [4.78, 5) is 27.8. The number of hydrogen-bond donors (Lipinski definition) is 0. The fourth-order valence-corrected chi connectivity index (χ4v) is 5.88. The highest BCUT2D eigenvalue weighted by molar-refractivity contribution is 8.00. The van der Waals surface area contributed by atoms with Gasteiger partial charge in [-0.2, -0.15) is 0 Å². The highest BCUT2D eigenvalue weighted by atomic mass is 32.2. The molecule has 1 spiro atoms. The van der Waals surface area contributed by atoms with Crippen LogP contribution in [0.3, 0.4) is 0 Å². The SMILES string of the molecule is O=C1OCC[C@@H]1Sc1ccc(C(=O)N2CCCC3(CCCCCC3)C2)cc1. The summed E-state index contributed by atoms with van der Waals surface area (Å²) >= 11 is 1.54. The quantitative estimate of drug-likeness (QED) is 0.707. The summed E-state index contributed by atoms with van der Waals surface area (Å²) in [5.41, 5.74) is 1.13. The molecule has 146 valence electrons. The van der Waals surface area contributed by atoms with E-state index in [0.29, 0.717) is 12.0 Å². The molecule has 1 aromatic carbocycles. The van der Waals surface area contributed by atoms with Gasteiger partial charge in [0.2, 0.25) is 0 Å². The van der Waals surface area contributed by atoms with Crippen molar-refractivity contribution in [3.8, 4) is 0 Å². The van der Waals surface area contributed by atoms with Gasteiger partial charge in [0, 0.05) is 30.0 Å². The van der Waals surface area contributed by atoms with Gasteiger partial charge in [-0.1, -0.05) is 25.7 Å². The molecule has 1 aliphatic carbocycles. The van der Waals surface area contributed by atoms with Gasteiger partial charge in [0.05, 0.1) is 6.61 Å². The van der Waals surface area contributed by atoms with Crippen LogP contribution in [0.4, 0.5) is 0 Å². The summed E-state index contributed by atoms with van der Waals surface area (Å²) in [5, 5.41) is -0.108. The Kier molecular flexibility index (Phi) is 5.76. The number of benzene rings is 1. The van der Waals surface area contributed by atoms with Crippen molar-refractivity contribution in [3.63, 3.8) is 0 Å². The third-order valence-electron chi connectivity index (χ3n) is 6.38. The van der Waals surface area contributed by atoms with Gasteiger partial charge in [0.15, 0.2) is 0 Å². The van der Waals surface area contributed by atoms with Crippen LogP contribution in [0.2, 0.25) is 0 Å².